The molecule has 1 amide bonds. The van der Waals surface area contributed by atoms with Gasteiger partial charge in [-0.2, -0.15) is 0 Å². The second-order valence-electron chi connectivity index (χ2n) is 9.47. The van der Waals surface area contributed by atoms with Gasteiger partial charge in [0, 0.05) is 35.5 Å². The molecule has 188 valence electrons. The van der Waals surface area contributed by atoms with Crippen molar-refractivity contribution in [3.63, 3.8) is 0 Å². The van der Waals surface area contributed by atoms with E-state index < -0.39 is 57.1 Å². The molecule has 2 aliphatic heterocycles. The molecule has 3 aliphatic rings. The van der Waals surface area contributed by atoms with Gasteiger partial charge in [-0.15, -0.1) is 0 Å². The van der Waals surface area contributed by atoms with Crippen molar-refractivity contribution in [1.29, 1.82) is 0 Å². The lowest BCUT2D eigenvalue weighted by Gasteiger charge is -2.34. The molecule has 0 bridgehead atoms. The zero-order valence-corrected chi connectivity index (χ0v) is 19.5. The van der Waals surface area contributed by atoms with E-state index in [1.54, 1.807) is 0 Å². The molecule has 0 aromatic heterocycles. The topological polar surface area (TPSA) is 75.7 Å². The maximum Gasteiger partial charge on any atom is 0.252 e. The number of sulfonamides is 1. The first kappa shape index (κ1) is 24.2. The van der Waals surface area contributed by atoms with Gasteiger partial charge in [0.15, 0.2) is 0 Å². The average Bonchev–Trinajstić information content (AvgIpc) is 3.51. The number of amides is 1. The Bertz CT molecular complexity index is 1260. The Morgan fingerprint density at radius 1 is 1.14 bits per heavy atom. The summed E-state index contributed by atoms with van der Waals surface area (Å²) in [4.78, 5) is 14.7. The molecule has 6 nitrogen and oxygen atoms in total. The van der Waals surface area contributed by atoms with Gasteiger partial charge < -0.3 is 9.64 Å². The van der Waals surface area contributed by atoms with Crippen LogP contribution in [0.5, 0.6) is 0 Å². The van der Waals surface area contributed by atoms with Crippen LogP contribution in [0.15, 0.2) is 36.4 Å². The minimum Gasteiger partial charge on any atom is -0.368 e. The lowest BCUT2D eigenvalue weighted by molar-refractivity contribution is -0.157. The summed E-state index contributed by atoms with van der Waals surface area (Å²) in [5.41, 5.74) is -0.861. The number of ether oxygens (including phenoxy) is 1. The second-order valence-corrected chi connectivity index (χ2v) is 11.2. The van der Waals surface area contributed by atoms with Gasteiger partial charge in [0.05, 0.1) is 12.6 Å². The van der Waals surface area contributed by atoms with Crippen LogP contribution in [0.25, 0.3) is 11.1 Å². The number of benzene rings is 2. The summed E-state index contributed by atoms with van der Waals surface area (Å²) in [5.74, 6) is -2.64. The molecule has 1 spiro atoms. The highest BCUT2D eigenvalue weighted by molar-refractivity contribution is 7.89. The van der Waals surface area contributed by atoms with Crippen molar-refractivity contribution in [2.75, 3.05) is 19.2 Å². The fraction of sp³-hybridized carbons (Fsp3) is 0.458. The highest BCUT2D eigenvalue weighted by atomic mass is 32.2. The van der Waals surface area contributed by atoms with E-state index in [2.05, 4.69) is 4.72 Å². The predicted octanol–water partition coefficient (Wildman–Crippen LogP) is 3.31. The van der Waals surface area contributed by atoms with Crippen LogP contribution in [0.1, 0.15) is 24.8 Å². The SMILES string of the molecule is O=C(C1CCO1)N1CC2(CC2)[C@H](NS(=O)(=O)CF)[C@@H]1Cc1cccc(-c2cc(F)ccc2F)c1F. The Kier molecular flexibility index (Phi) is 6.13. The van der Waals surface area contributed by atoms with Crippen molar-refractivity contribution in [3.05, 3.63) is 59.4 Å². The van der Waals surface area contributed by atoms with Gasteiger partial charge in [-0.3, -0.25) is 4.79 Å². The highest BCUT2D eigenvalue weighted by Gasteiger charge is 2.62. The number of likely N-dealkylation sites (tertiary alicyclic amines) is 1. The van der Waals surface area contributed by atoms with E-state index in [1.807, 2.05) is 0 Å². The van der Waals surface area contributed by atoms with Crippen LogP contribution in [-0.2, 0) is 26.0 Å². The van der Waals surface area contributed by atoms with Gasteiger partial charge in [0.1, 0.15) is 23.6 Å². The van der Waals surface area contributed by atoms with Crippen LogP contribution in [0, 0.1) is 22.9 Å². The summed E-state index contributed by atoms with van der Waals surface area (Å²) in [6, 6.07) is 3.76. The molecular weight excluding hydrogens is 488 g/mol. The van der Waals surface area contributed by atoms with E-state index in [4.69, 9.17) is 4.74 Å². The van der Waals surface area contributed by atoms with Crippen LogP contribution in [0.2, 0.25) is 0 Å². The predicted molar refractivity (Wildman–Crippen MR) is 119 cm³/mol. The summed E-state index contributed by atoms with van der Waals surface area (Å²) in [6.07, 6.45) is 1.04. The van der Waals surface area contributed by atoms with E-state index in [-0.39, 0.29) is 35.6 Å². The van der Waals surface area contributed by atoms with Gasteiger partial charge in [-0.25, -0.2) is 30.7 Å². The Morgan fingerprint density at radius 3 is 2.51 bits per heavy atom. The van der Waals surface area contributed by atoms with Gasteiger partial charge in [-0.1, -0.05) is 18.2 Å². The van der Waals surface area contributed by atoms with E-state index in [9.17, 15) is 26.4 Å². The van der Waals surface area contributed by atoms with Gasteiger partial charge in [0.25, 0.3) is 5.91 Å². The Hall–Kier alpha value is -2.50. The lowest BCUT2D eigenvalue weighted by Crippen LogP contribution is -2.53. The molecule has 1 N–H and O–H groups in total. The molecule has 1 saturated carbocycles. The van der Waals surface area contributed by atoms with Crippen LogP contribution >= 0.6 is 0 Å². The molecule has 35 heavy (non-hydrogen) atoms. The van der Waals surface area contributed by atoms with Crippen molar-refractivity contribution >= 4 is 15.9 Å². The van der Waals surface area contributed by atoms with E-state index in [1.165, 1.54) is 23.1 Å². The van der Waals surface area contributed by atoms with Crippen molar-refractivity contribution in [1.82, 2.24) is 9.62 Å². The average molecular weight is 513 g/mol. The molecule has 11 heteroatoms. The lowest BCUT2D eigenvalue weighted by atomic mass is 9.91. The number of nitrogens with one attached hydrogen (secondary N) is 1. The van der Waals surface area contributed by atoms with E-state index >= 15 is 4.39 Å². The molecule has 2 heterocycles. The Morgan fingerprint density at radius 2 is 1.89 bits per heavy atom. The normalized spacial score (nSPS) is 25.0. The Balaban J connectivity index is 1.52. The molecule has 5 rings (SSSR count). The summed E-state index contributed by atoms with van der Waals surface area (Å²) in [6.45, 7) is 0.684. The maximum absolute atomic E-state index is 15.6. The van der Waals surface area contributed by atoms with Crippen LogP contribution in [0.4, 0.5) is 17.6 Å². The summed E-state index contributed by atoms with van der Waals surface area (Å²) < 4.78 is 89.0. The zero-order chi connectivity index (χ0) is 25.0. The molecule has 2 saturated heterocycles. The van der Waals surface area contributed by atoms with Gasteiger partial charge in [-0.05, 0) is 43.0 Å². The summed E-state index contributed by atoms with van der Waals surface area (Å²) in [5, 5.41) is 0. The van der Waals surface area contributed by atoms with Crippen molar-refractivity contribution in [3.8, 4) is 11.1 Å². The molecule has 2 aromatic carbocycles. The van der Waals surface area contributed by atoms with Crippen molar-refractivity contribution < 1.29 is 35.5 Å². The Labute approximate surface area is 200 Å². The second kappa shape index (κ2) is 8.86. The number of rotatable bonds is 7. The number of alkyl halides is 1. The number of hydrogen-bond acceptors (Lipinski definition) is 4. The van der Waals surface area contributed by atoms with Crippen LogP contribution in [-0.4, -0.2) is 56.6 Å². The quantitative estimate of drug-likeness (QED) is 0.578. The largest absolute Gasteiger partial charge is 0.368 e. The number of nitrogens with zero attached hydrogens (tertiary/aromatic N) is 1. The first-order valence-electron chi connectivity index (χ1n) is 11.3. The summed E-state index contributed by atoms with van der Waals surface area (Å²) in [7, 11) is -4.26. The van der Waals surface area contributed by atoms with E-state index in [0.29, 0.717) is 25.9 Å². The number of carbonyl (C=O) groups excluding carboxylic acids is 1. The molecular formula is C24H24F4N2O4S. The number of carbonyl (C=O) groups is 1. The fourth-order valence-corrected chi connectivity index (χ4v) is 6.02. The number of halogens is 4. The first-order chi connectivity index (χ1) is 16.6. The van der Waals surface area contributed by atoms with Gasteiger partial charge >= 0.3 is 0 Å². The monoisotopic (exact) mass is 512 g/mol. The first-order valence-corrected chi connectivity index (χ1v) is 13.0. The maximum atomic E-state index is 15.6. The van der Waals surface area contributed by atoms with Crippen molar-refractivity contribution in [2.45, 2.75) is 43.9 Å². The van der Waals surface area contributed by atoms with Crippen LogP contribution < -0.4 is 4.72 Å². The number of hydrogen-bond donors (Lipinski definition) is 1. The van der Waals surface area contributed by atoms with E-state index in [0.717, 1.165) is 18.2 Å². The smallest absolute Gasteiger partial charge is 0.252 e. The molecule has 1 unspecified atom stereocenters. The van der Waals surface area contributed by atoms with Crippen LogP contribution in [0.3, 0.4) is 0 Å². The minimum absolute atomic E-state index is 0.101. The summed E-state index contributed by atoms with van der Waals surface area (Å²) >= 11 is 0. The molecule has 3 fully saturated rings. The standard InChI is InChI=1S/C24H24F4N2O4S/c25-13-35(32,33)29-22-19(30(12-24(22)7-8-24)23(31)20-6-9-34-20)10-14-2-1-3-16(21(14)28)17-11-15(26)4-5-18(17)27/h1-5,11,19-20,22,29H,6-10,12-13H2/t19-,20?,22+/m0/s1. The fourth-order valence-electron chi connectivity index (χ4n) is 5.16. The third-order valence-corrected chi connectivity index (χ3v) is 8.16. The molecule has 2 aromatic rings. The molecule has 1 aliphatic carbocycles. The minimum atomic E-state index is -4.26. The zero-order valence-electron chi connectivity index (χ0n) is 18.6. The highest BCUT2D eigenvalue weighted by Crippen LogP contribution is 2.56. The van der Waals surface area contributed by atoms with Crippen molar-refractivity contribution in [2.24, 2.45) is 5.41 Å². The molecule has 3 atom stereocenters. The molecule has 0 radical (unpaired) electrons. The van der Waals surface area contributed by atoms with Gasteiger partial charge in [0.2, 0.25) is 16.0 Å². The third-order valence-electron chi connectivity index (χ3n) is 7.26. The third kappa shape index (κ3) is 4.45.